The highest BCUT2D eigenvalue weighted by molar-refractivity contribution is 8.00. The summed E-state index contributed by atoms with van der Waals surface area (Å²) in [6, 6.07) is 1.51. The van der Waals surface area contributed by atoms with E-state index in [0.29, 0.717) is 4.90 Å². The van der Waals surface area contributed by atoms with E-state index in [0.717, 1.165) is 11.8 Å². The Balaban J connectivity index is 2.93. The van der Waals surface area contributed by atoms with Gasteiger partial charge in [0.15, 0.2) is 10.3 Å². The summed E-state index contributed by atoms with van der Waals surface area (Å²) < 4.78 is 0. The maximum absolute atomic E-state index is 11.0. The summed E-state index contributed by atoms with van der Waals surface area (Å²) in [5.74, 6) is -0.908. The number of aliphatic carboxylic acids is 1. The van der Waals surface area contributed by atoms with E-state index in [-0.39, 0.29) is 16.2 Å². The van der Waals surface area contributed by atoms with Gasteiger partial charge < -0.3 is 5.11 Å². The van der Waals surface area contributed by atoms with Gasteiger partial charge in [0.1, 0.15) is 5.25 Å². The van der Waals surface area contributed by atoms with Crippen LogP contribution in [0.2, 0.25) is 10.3 Å². The third-order valence-corrected chi connectivity index (χ3v) is 3.93. The van der Waals surface area contributed by atoms with Gasteiger partial charge >= 0.3 is 5.97 Å². The minimum Gasteiger partial charge on any atom is -0.480 e. The van der Waals surface area contributed by atoms with E-state index in [1.165, 1.54) is 6.07 Å². The Morgan fingerprint density at radius 1 is 1.44 bits per heavy atom. The molecule has 1 heterocycles. The van der Waals surface area contributed by atoms with Crippen LogP contribution in [0.25, 0.3) is 0 Å². The zero-order valence-electron chi connectivity index (χ0n) is 8.65. The molecule has 0 bridgehead atoms. The predicted octanol–water partition coefficient (Wildman–Crippen LogP) is 2.98. The van der Waals surface area contributed by atoms with Crippen molar-refractivity contribution >= 4 is 40.9 Å². The minimum atomic E-state index is -0.885. The first-order valence-corrected chi connectivity index (χ1v) is 6.13. The molecule has 0 aliphatic carbocycles. The lowest BCUT2D eigenvalue weighted by Crippen LogP contribution is -2.22. The molecule has 1 rings (SSSR count). The summed E-state index contributed by atoms with van der Waals surface area (Å²) in [5, 5.41) is 16.0. The van der Waals surface area contributed by atoms with Crippen LogP contribution in [0.5, 0.6) is 0 Å². The summed E-state index contributed by atoms with van der Waals surface area (Å²) >= 11 is 12.6. The van der Waals surface area contributed by atoms with Gasteiger partial charge in [-0.15, -0.1) is 22.0 Å². The molecule has 88 valence electrons. The van der Waals surface area contributed by atoms with Crippen molar-refractivity contribution in [1.82, 2.24) is 10.2 Å². The highest BCUT2D eigenvalue weighted by atomic mass is 35.5. The number of nitrogens with zero attached hydrogens (tertiary/aromatic N) is 2. The number of carbonyl (C=O) groups is 1. The van der Waals surface area contributed by atoms with Crippen LogP contribution in [0.15, 0.2) is 11.0 Å². The summed E-state index contributed by atoms with van der Waals surface area (Å²) in [4.78, 5) is 11.5. The van der Waals surface area contributed by atoms with E-state index in [1.54, 1.807) is 0 Å². The number of aromatic nitrogens is 2. The SMILES string of the molecule is CC(C)C(Sc1cc(Cl)nnc1Cl)C(=O)O. The maximum Gasteiger partial charge on any atom is 0.317 e. The van der Waals surface area contributed by atoms with Gasteiger partial charge in [-0.3, -0.25) is 4.79 Å². The van der Waals surface area contributed by atoms with Gasteiger partial charge in [0.2, 0.25) is 0 Å². The van der Waals surface area contributed by atoms with E-state index in [4.69, 9.17) is 28.3 Å². The second-order valence-electron chi connectivity index (χ2n) is 3.44. The molecule has 0 fully saturated rings. The second kappa shape index (κ2) is 5.70. The van der Waals surface area contributed by atoms with Crippen LogP contribution in [0.1, 0.15) is 13.8 Å². The second-order valence-corrected chi connectivity index (χ2v) is 5.37. The molecule has 16 heavy (non-hydrogen) atoms. The first kappa shape index (κ1) is 13.5. The molecule has 0 radical (unpaired) electrons. The number of hydrogen-bond acceptors (Lipinski definition) is 4. The number of rotatable bonds is 4. The average Bonchev–Trinajstić information content (AvgIpc) is 2.18. The first-order chi connectivity index (χ1) is 7.41. The molecule has 1 atom stereocenters. The topological polar surface area (TPSA) is 63.1 Å². The number of carboxylic acid groups (broad SMARTS) is 1. The van der Waals surface area contributed by atoms with E-state index in [9.17, 15) is 4.79 Å². The zero-order valence-corrected chi connectivity index (χ0v) is 11.0. The third-order valence-electron chi connectivity index (χ3n) is 1.79. The summed E-state index contributed by atoms with van der Waals surface area (Å²) in [6.07, 6.45) is 0. The van der Waals surface area contributed by atoms with Gasteiger partial charge in [0, 0.05) is 0 Å². The molecule has 0 aliphatic rings. The largest absolute Gasteiger partial charge is 0.480 e. The quantitative estimate of drug-likeness (QED) is 0.859. The highest BCUT2D eigenvalue weighted by Gasteiger charge is 2.24. The molecule has 0 saturated carbocycles. The summed E-state index contributed by atoms with van der Waals surface area (Å²) in [7, 11) is 0. The molecule has 7 heteroatoms. The molecule has 1 unspecified atom stereocenters. The molecule has 0 spiro atoms. The van der Waals surface area contributed by atoms with Gasteiger partial charge in [0.05, 0.1) is 4.90 Å². The Labute approximate surface area is 107 Å². The number of thioether (sulfide) groups is 1. The van der Waals surface area contributed by atoms with E-state index >= 15 is 0 Å². The van der Waals surface area contributed by atoms with E-state index in [1.807, 2.05) is 13.8 Å². The third kappa shape index (κ3) is 3.50. The maximum atomic E-state index is 11.0. The Morgan fingerprint density at radius 3 is 2.56 bits per heavy atom. The Morgan fingerprint density at radius 2 is 2.06 bits per heavy atom. The zero-order chi connectivity index (χ0) is 12.3. The lowest BCUT2D eigenvalue weighted by Gasteiger charge is -2.15. The van der Waals surface area contributed by atoms with Crippen molar-refractivity contribution in [2.24, 2.45) is 5.92 Å². The van der Waals surface area contributed by atoms with Gasteiger partial charge in [-0.1, -0.05) is 37.0 Å². The molecule has 1 aromatic rings. The van der Waals surface area contributed by atoms with Crippen molar-refractivity contribution < 1.29 is 9.90 Å². The van der Waals surface area contributed by atoms with Crippen molar-refractivity contribution in [3.8, 4) is 0 Å². The van der Waals surface area contributed by atoms with Gasteiger partial charge in [0.25, 0.3) is 0 Å². The van der Waals surface area contributed by atoms with Crippen molar-refractivity contribution in [2.75, 3.05) is 0 Å². The fraction of sp³-hybridized carbons (Fsp3) is 0.444. The number of carboxylic acids is 1. The van der Waals surface area contributed by atoms with Crippen molar-refractivity contribution in [3.05, 3.63) is 16.4 Å². The van der Waals surface area contributed by atoms with E-state index in [2.05, 4.69) is 10.2 Å². The molecular weight excluding hydrogens is 271 g/mol. The molecule has 0 aromatic carbocycles. The van der Waals surface area contributed by atoms with Gasteiger partial charge in [-0.25, -0.2) is 0 Å². The van der Waals surface area contributed by atoms with Crippen LogP contribution >= 0.6 is 35.0 Å². The Hall–Kier alpha value is -0.520. The van der Waals surface area contributed by atoms with Gasteiger partial charge in [-0.05, 0) is 12.0 Å². The molecule has 4 nitrogen and oxygen atoms in total. The van der Waals surface area contributed by atoms with Crippen LogP contribution in [-0.2, 0) is 4.79 Å². The number of halogens is 2. The molecule has 0 amide bonds. The Kier molecular flexibility index (Phi) is 4.83. The lowest BCUT2D eigenvalue weighted by atomic mass is 10.1. The molecular formula is C9H10Cl2N2O2S. The minimum absolute atomic E-state index is 0.0227. The first-order valence-electron chi connectivity index (χ1n) is 4.50. The normalized spacial score (nSPS) is 12.8. The summed E-state index contributed by atoms with van der Waals surface area (Å²) in [6.45, 7) is 3.66. The van der Waals surface area contributed by atoms with Crippen molar-refractivity contribution in [2.45, 2.75) is 24.0 Å². The van der Waals surface area contributed by atoms with Crippen LogP contribution in [-0.4, -0.2) is 26.5 Å². The van der Waals surface area contributed by atoms with Crippen LogP contribution in [0.4, 0.5) is 0 Å². The van der Waals surface area contributed by atoms with Crippen LogP contribution in [0, 0.1) is 5.92 Å². The fourth-order valence-corrected chi connectivity index (χ4v) is 2.43. The average molecular weight is 281 g/mol. The molecule has 0 saturated heterocycles. The summed E-state index contributed by atoms with van der Waals surface area (Å²) in [5.41, 5.74) is 0. The molecule has 1 aromatic heterocycles. The van der Waals surface area contributed by atoms with Crippen LogP contribution < -0.4 is 0 Å². The van der Waals surface area contributed by atoms with Crippen molar-refractivity contribution in [3.63, 3.8) is 0 Å². The van der Waals surface area contributed by atoms with Crippen molar-refractivity contribution in [1.29, 1.82) is 0 Å². The smallest absolute Gasteiger partial charge is 0.317 e. The van der Waals surface area contributed by atoms with E-state index < -0.39 is 11.2 Å². The number of hydrogen-bond donors (Lipinski definition) is 1. The lowest BCUT2D eigenvalue weighted by molar-refractivity contribution is -0.137. The molecule has 0 aliphatic heterocycles. The monoisotopic (exact) mass is 280 g/mol. The standard InChI is InChI=1S/C9H10Cl2N2O2S/c1-4(2)7(9(14)15)16-5-3-6(10)12-13-8(5)11/h3-4,7H,1-2H3,(H,14,15). The predicted molar refractivity (Wildman–Crippen MR) is 64.2 cm³/mol. The fourth-order valence-electron chi connectivity index (χ4n) is 1.03. The Bertz CT molecular complexity index is 401. The highest BCUT2D eigenvalue weighted by Crippen LogP contribution is 2.33. The molecule has 1 N–H and O–H groups in total. The van der Waals surface area contributed by atoms with Gasteiger partial charge in [-0.2, -0.15) is 0 Å². The van der Waals surface area contributed by atoms with Crippen LogP contribution in [0.3, 0.4) is 0 Å².